The van der Waals surface area contributed by atoms with Gasteiger partial charge >= 0.3 is 5.97 Å². The zero-order valence-electron chi connectivity index (χ0n) is 79.1. The normalized spacial score (nSPS) is 15.7. The van der Waals surface area contributed by atoms with Crippen LogP contribution in [-0.4, -0.2) is 327 Å². The quantitative estimate of drug-likeness (QED) is 0.00949. The van der Waals surface area contributed by atoms with E-state index in [1.807, 2.05) is 50.3 Å². The molecule has 2 rings (SSSR count). The molecule has 1 aliphatic rings. The average Bonchev–Trinajstić information content (AvgIpc) is 1.61. The number of benzene rings is 1. The van der Waals surface area contributed by atoms with E-state index in [9.17, 15) is 117 Å². The van der Waals surface area contributed by atoms with Crippen LogP contribution in [0.2, 0.25) is 0 Å². The molecule has 0 aliphatic carbocycles. The molecule has 17 amide bonds. The summed E-state index contributed by atoms with van der Waals surface area (Å²) in [5.41, 5.74) is 22.1. The first-order valence-electron chi connectivity index (χ1n) is 44.7. The number of phenolic OH excluding ortho intramolecular Hbond substituents is 1. The molecule has 30 N–H and O–H groups in total. The number of nitrogens with two attached hydrogens (primary N) is 4. The van der Waals surface area contributed by atoms with Gasteiger partial charge in [0.2, 0.25) is 100 Å². The van der Waals surface area contributed by atoms with Gasteiger partial charge in [0, 0.05) is 91.5 Å². The highest BCUT2D eigenvalue weighted by Crippen LogP contribution is 2.24. The van der Waals surface area contributed by atoms with Crippen molar-refractivity contribution in [3.63, 3.8) is 0 Å². The largest absolute Gasteiger partial charge is 0.507 e. The van der Waals surface area contributed by atoms with Gasteiger partial charge in [-0.05, 0) is 177 Å². The first-order valence-corrected chi connectivity index (χ1v) is 45.8. The van der Waals surface area contributed by atoms with E-state index in [2.05, 4.69) is 100 Å². The van der Waals surface area contributed by atoms with Crippen molar-refractivity contribution in [3.05, 3.63) is 27.3 Å². The Morgan fingerprint density at radius 2 is 0.970 bits per heavy atom. The number of carboxylic acid groups (broad SMARTS) is 1. The molecule has 1 fully saturated rings. The van der Waals surface area contributed by atoms with Crippen molar-refractivity contribution >= 4 is 140 Å². The third-order valence-electron chi connectivity index (χ3n) is 22.0. The van der Waals surface area contributed by atoms with Gasteiger partial charge in [0.1, 0.15) is 78.3 Å². The Kier molecular flexibility index (Phi) is 53.5. The molecule has 134 heavy (non-hydrogen) atoms. The predicted octanol–water partition coefficient (Wildman–Crippen LogP) is -6.03. The molecule has 49 heteroatoms. The van der Waals surface area contributed by atoms with Crippen molar-refractivity contribution < 1.29 is 117 Å². The zero-order chi connectivity index (χ0) is 102. The predicted molar refractivity (Wildman–Crippen MR) is 498 cm³/mol. The molecule has 0 spiro atoms. The molecule has 1 aliphatic heterocycles. The summed E-state index contributed by atoms with van der Waals surface area (Å²) in [5.74, 6) is -19.9. The fourth-order valence-corrected chi connectivity index (χ4v) is 14.4. The van der Waals surface area contributed by atoms with Crippen molar-refractivity contribution in [2.75, 3.05) is 78.6 Å². The number of halogens is 1. The van der Waals surface area contributed by atoms with Crippen LogP contribution in [-0.2, 0) is 92.7 Å². The van der Waals surface area contributed by atoms with Crippen LogP contribution in [0.4, 0.5) is 0 Å². The molecule has 1 aromatic rings. The minimum absolute atomic E-state index is 0.0195. The third-order valence-corrected chi connectivity index (χ3v) is 22.9. The second-order valence-corrected chi connectivity index (χ2v) is 36.5. The van der Waals surface area contributed by atoms with E-state index in [4.69, 9.17) is 22.9 Å². The highest BCUT2D eigenvalue weighted by molar-refractivity contribution is 14.1. The second-order valence-electron chi connectivity index (χ2n) is 35.4. The van der Waals surface area contributed by atoms with Crippen LogP contribution < -0.4 is 108 Å². The van der Waals surface area contributed by atoms with Gasteiger partial charge in [-0.1, -0.05) is 57.9 Å². The van der Waals surface area contributed by atoms with Crippen LogP contribution in [0.5, 0.6) is 5.75 Å². The number of oxime groups is 2. The number of carbonyl (C=O) groups is 18. The fourth-order valence-electron chi connectivity index (χ4n) is 13.8. The van der Waals surface area contributed by atoms with Crippen molar-refractivity contribution in [2.24, 2.45) is 51.0 Å². The van der Waals surface area contributed by atoms with Crippen LogP contribution in [0, 0.1) is 21.3 Å². The summed E-state index contributed by atoms with van der Waals surface area (Å²) in [5, 5.41) is 110. The van der Waals surface area contributed by atoms with Crippen molar-refractivity contribution in [2.45, 2.75) is 283 Å². The van der Waals surface area contributed by atoms with Gasteiger partial charge in [0.05, 0.1) is 51.7 Å². The number of hydrogen-bond donors (Lipinski definition) is 26. The van der Waals surface area contributed by atoms with Gasteiger partial charge in [-0.2, -0.15) is 0 Å². The minimum atomic E-state index is -1.88. The topological polar surface area (TPSA) is 756 Å². The van der Waals surface area contributed by atoms with Crippen LogP contribution >= 0.6 is 22.6 Å². The SMILES string of the molecule is CC(=O)N[C@@H](CC(N)=O)C(=O)N[C@@H](CCC(N)=O)C(=O)N[C@@H](CCC(=O)O)C(=O)N[C@@H](CCC(N)=O)C(=O)N[C@H](C(=O)N[C@@H](CO)C(=O)N1CCC[C@H]1C(=O)N[C@@H](Cc1ccc(O)c(I)c1)C(=O)N[C@H](C(=O)N[C@@H](CC(C)C)C(=O)N[C@@H](CC(C)C)C(=O)N[C@@H](CCCCN)C(=O)NCC(=O)NCCNCCN(CCNC(C)(C)/C(C)=N/O)CCNC(C)(C)/C(C)=N/O)[C@@H](C)O)C(C)C. The highest BCUT2D eigenvalue weighted by atomic mass is 127. The van der Waals surface area contributed by atoms with Gasteiger partial charge in [0.25, 0.3) is 0 Å². The lowest BCUT2D eigenvalue weighted by atomic mass is 9.99. The van der Waals surface area contributed by atoms with Crippen LogP contribution in [0.15, 0.2) is 28.5 Å². The van der Waals surface area contributed by atoms with E-state index < -0.39 is 260 Å². The van der Waals surface area contributed by atoms with Crippen molar-refractivity contribution in [1.82, 2.24) is 94.9 Å². The van der Waals surface area contributed by atoms with Crippen LogP contribution in [0.25, 0.3) is 0 Å². The smallest absolute Gasteiger partial charge is 0.303 e. The molecule has 0 bridgehead atoms. The summed E-state index contributed by atoms with van der Waals surface area (Å²) in [6.45, 7) is 25.8. The van der Waals surface area contributed by atoms with Gasteiger partial charge in [-0.15, -0.1) is 0 Å². The van der Waals surface area contributed by atoms with E-state index in [1.165, 1.54) is 32.0 Å². The molecule has 0 unspecified atom stereocenters. The fraction of sp³-hybridized carbons (Fsp3) is 0.694. The molecule has 1 saturated heterocycles. The number of unbranched alkanes of at least 4 members (excludes halogenated alkanes) is 1. The molecule has 0 radical (unpaired) electrons. The summed E-state index contributed by atoms with van der Waals surface area (Å²) < 4.78 is 0.316. The van der Waals surface area contributed by atoms with Gasteiger partial charge in [-0.25, -0.2) is 0 Å². The monoisotopic (exact) mass is 2010 g/mol. The van der Waals surface area contributed by atoms with Crippen LogP contribution in [0.1, 0.15) is 192 Å². The molecule has 1 heterocycles. The number of aliphatic carboxylic acids is 1. The van der Waals surface area contributed by atoms with E-state index in [0.717, 1.165) is 18.7 Å². The van der Waals surface area contributed by atoms with Crippen molar-refractivity contribution in [1.29, 1.82) is 0 Å². The average molecular weight is 2010 g/mol. The Morgan fingerprint density at radius 1 is 0.522 bits per heavy atom. The summed E-state index contributed by atoms with van der Waals surface area (Å²) >= 11 is 1.82. The third kappa shape index (κ3) is 44.4. The number of likely N-dealkylation sites (tertiary alicyclic amines) is 1. The van der Waals surface area contributed by atoms with E-state index in [0.29, 0.717) is 79.2 Å². The number of hydrogen-bond acceptors (Lipinski definition) is 30. The standard InChI is InChI=1S/C85H145IN24O24/c1-45(2)38-58(76(125)97-54(18-15-16-28-87)72(121)93-43-68(118)92-30-29-91-31-35-109(36-32-94-84(11,12)49(8)107-133)37-33-95-85(13,14)50(9)108-134)101-77(126)59(39-46(3)4)103-82(131)71(48(7)112)106-79(128)60(41-52-20-24-64(114)53(86)40-52)102-80(129)63-19-17-34-110(63)83(132)62(44-111)104-81(130)70(47(5)6)105-75(124)56(22-26-66(89)116)98-74(123)57(23-27-69(119)120)99-73(122)55(21-25-65(88)115)100-78(127)61(42-67(90)117)96-51(10)113/h20,24,40,45-48,54-63,70-71,91,94-95,111-112,114,133-134H,15-19,21-23,25-39,41-44,87H2,1-14H3,(H2,88,115)(H2,89,116)(H2,90,117)(H,92,118)(H,93,121)(H,96,113)(H,97,125)(H,98,123)(H,99,122)(H,100,127)(H,101,126)(H,102,129)(H,103,131)(H,104,130)(H,105,124)(H,106,128)(H,119,120)/b107-49+,108-50+/t48-,54+,55+,56+,57+,58+,59+,60+,61+,62+,63+,70+,71+/m1/s1. The summed E-state index contributed by atoms with van der Waals surface area (Å²) in [6, 6.07) is -15.3. The number of carboxylic acids is 1. The molecular formula is C85H145IN24O24. The lowest BCUT2D eigenvalue weighted by molar-refractivity contribution is -0.143. The van der Waals surface area contributed by atoms with Crippen LogP contribution in [0.3, 0.4) is 0 Å². The Labute approximate surface area is 794 Å². The molecular weight excluding hydrogens is 1870 g/mol. The summed E-state index contributed by atoms with van der Waals surface area (Å²) in [6.07, 6.45) is -5.72. The molecule has 13 atom stereocenters. The number of amides is 17. The maximum atomic E-state index is 14.8. The Morgan fingerprint density at radius 3 is 1.43 bits per heavy atom. The number of aromatic hydroxyl groups is 1. The summed E-state index contributed by atoms with van der Waals surface area (Å²) in [4.78, 5) is 248. The van der Waals surface area contributed by atoms with Gasteiger partial charge in [-0.3, -0.25) is 91.2 Å². The number of nitrogens with one attached hydrogen (secondary N) is 16. The first kappa shape index (κ1) is 119. The maximum Gasteiger partial charge on any atom is 0.303 e. The number of primary amides is 3. The molecule has 0 saturated carbocycles. The summed E-state index contributed by atoms with van der Waals surface area (Å²) in [7, 11) is 0. The zero-order valence-corrected chi connectivity index (χ0v) is 81.2. The Balaban J connectivity index is 2.42. The minimum Gasteiger partial charge on any atom is -0.507 e. The first-order chi connectivity index (χ1) is 62.7. The maximum absolute atomic E-state index is 14.8. The number of carbonyl (C=O) groups excluding carboxylic acids is 17. The number of aliphatic hydroxyl groups is 2. The lowest BCUT2D eigenvalue weighted by Gasteiger charge is -2.31. The molecule has 48 nitrogen and oxygen atoms in total. The van der Waals surface area contributed by atoms with E-state index >= 15 is 0 Å². The Hall–Kier alpha value is -11.1. The van der Waals surface area contributed by atoms with E-state index in [-0.39, 0.29) is 75.7 Å². The lowest BCUT2D eigenvalue weighted by Crippen LogP contribution is -2.62. The molecule has 0 aromatic heterocycles. The van der Waals surface area contributed by atoms with Gasteiger partial charge < -0.3 is 144 Å². The highest BCUT2D eigenvalue weighted by Gasteiger charge is 2.43. The molecule has 756 valence electrons. The number of rotatable bonds is 65. The van der Waals surface area contributed by atoms with Gasteiger partial charge in [0.15, 0.2) is 0 Å². The van der Waals surface area contributed by atoms with Crippen molar-refractivity contribution in [3.8, 4) is 5.75 Å². The molecule has 1 aromatic carbocycles. The number of aliphatic hydroxyl groups excluding tert-OH is 2. The number of nitrogens with zero attached hydrogens (tertiary/aromatic N) is 4. The van der Waals surface area contributed by atoms with E-state index in [1.54, 1.807) is 41.5 Å². The second kappa shape index (κ2) is 60.3. The Bertz CT molecular complexity index is 4140. The number of phenols is 1.